The standard InChI is InChI=1S/C18H22O/c1-3-4-15-18(19-2,16-11-7-5-8-12-16)17-13-9-6-10-14-17/h5-14H,3-4,15H2,1-2H3. The second-order valence-electron chi connectivity index (χ2n) is 4.87. The molecule has 1 heteroatoms. The molecule has 0 saturated carbocycles. The van der Waals surface area contributed by atoms with Crippen LogP contribution in [0.3, 0.4) is 0 Å². The summed E-state index contributed by atoms with van der Waals surface area (Å²) in [5, 5.41) is 0. The molecule has 0 aromatic heterocycles. The number of benzene rings is 2. The summed E-state index contributed by atoms with van der Waals surface area (Å²) in [5.74, 6) is 0. The van der Waals surface area contributed by atoms with Gasteiger partial charge < -0.3 is 4.74 Å². The van der Waals surface area contributed by atoms with Crippen LogP contribution in [0.15, 0.2) is 60.7 Å². The number of hydrogen-bond donors (Lipinski definition) is 0. The lowest BCUT2D eigenvalue weighted by atomic mass is 9.82. The van der Waals surface area contributed by atoms with E-state index in [4.69, 9.17) is 4.74 Å². The predicted molar refractivity (Wildman–Crippen MR) is 80.2 cm³/mol. The van der Waals surface area contributed by atoms with Gasteiger partial charge in [-0.2, -0.15) is 0 Å². The van der Waals surface area contributed by atoms with Crippen molar-refractivity contribution in [3.05, 3.63) is 71.8 Å². The highest BCUT2D eigenvalue weighted by Crippen LogP contribution is 2.37. The second kappa shape index (κ2) is 6.53. The number of methoxy groups -OCH3 is 1. The lowest BCUT2D eigenvalue weighted by Crippen LogP contribution is -2.30. The summed E-state index contributed by atoms with van der Waals surface area (Å²) >= 11 is 0. The maximum atomic E-state index is 6.01. The molecule has 0 aliphatic heterocycles. The highest BCUT2D eigenvalue weighted by atomic mass is 16.5. The minimum absolute atomic E-state index is 0.321. The van der Waals surface area contributed by atoms with E-state index in [2.05, 4.69) is 67.6 Å². The first-order valence-electron chi connectivity index (χ1n) is 6.99. The maximum Gasteiger partial charge on any atom is 0.118 e. The van der Waals surface area contributed by atoms with Crippen LogP contribution in [0, 0.1) is 0 Å². The molecule has 0 bridgehead atoms. The molecule has 0 heterocycles. The Bertz CT molecular complexity index is 436. The monoisotopic (exact) mass is 254 g/mol. The van der Waals surface area contributed by atoms with E-state index in [1.54, 1.807) is 0 Å². The van der Waals surface area contributed by atoms with Crippen LogP contribution < -0.4 is 0 Å². The average molecular weight is 254 g/mol. The van der Waals surface area contributed by atoms with E-state index in [9.17, 15) is 0 Å². The first kappa shape index (κ1) is 13.8. The summed E-state index contributed by atoms with van der Waals surface area (Å²) in [6, 6.07) is 21.1. The highest BCUT2D eigenvalue weighted by Gasteiger charge is 2.33. The fourth-order valence-electron chi connectivity index (χ4n) is 2.63. The van der Waals surface area contributed by atoms with E-state index < -0.39 is 0 Å². The third-order valence-electron chi connectivity index (χ3n) is 3.71. The van der Waals surface area contributed by atoms with Gasteiger partial charge in [-0.15, -0.1) is 0 Å². The smallest absolute Gasteiger partial charge is 0.118 e. The topological polar surface area (TPSA) is 9.23 Å². The Kier molecular flexibility index (Phi) is 4.75. The Morgan fingerprint density at radius 3 is 1.68 bits per heavy atom. The van der Waals surface area contributed by atoms with Crippen LogP contribution >= 0.6 is 0 Å². The summed E-state index contributed by atoms with van der Waals surface area (Å²) in [6.45, 7) is 2.22. The van der Waals surface area contributed by atoms with E-state index in [-0.39, 0.29) is 5.60 Å². The van der Waals surface area contributed by atoms with E-state index in [0.717, 1.165) is 12.8 Å². The fraction of sp³-hybridized carbons (Fsp3) is 0.333. The van der Waals surface area contributed by atoms with Crippen LogP contribution in [-0.4, -0.2) is 7.11 Å². The molecule has 0 aliphatic carbocycles. The molecule has 0 spiro atoms. The lowest BCUT2D eigenvalue weighted by Gasteiger charge is -2.34. The molecule has 0 amide bonds. The van der Waals surface area contributed by atoms with Gasteiger partial charge in [-0.1, -0.05) is 80.4 Å². The Balaban J connectivity index is 2.48. The molecule has 2 aromatic rings. The molecule has 100 valence electrons. The predicted octanol–water partition coefficient (Wildman–Crippen LogP) is 4.77. The third-order valence-corrected chi connectivity index (χ3v) is 3.71. The quantitative estimate of drug-likeness (QED) is 0.721. The van der Waals surface area contributed by atoms with Gasteiger partial charge in [-0.3, -0.25) is 0 Å². The third kappa shape index (κ3) is 2.87. The van der Waals surface area contributed by atoms with Crippen molar-refractivity contribution in [1.29, 1.82) is 0 Å². The van der Waals surface area contributed by atoms with Gasteiger partial charge in [0, 0.05) is 7.11 Å². The van der Waals surface area contributed by atoms with Gasteiger partial charge in [0.2, 0.25) is 0 Å². The number of ether oxygens (including phenoxy) is 1. The highest BCUT2D eigenvalue weighted by molar-refractivity contribution is 5.36. The Morgan fingerprint density at radius 1 is 0.842 bits per heavy atom. The molecule has 0 atom stereocenters. The summed E-state index contributed by atoms with van der Waals surface area (Å²) < 4.78 is 6.01. The zero-order valence-corrected chi connectivity index (χ0v) is 11.8. The molecule has 0 N–H and O–H groups in total. The molecular formula is C18H22O. The van der Waals surface area contributed by atoms with Gasteiger partial charge in [0.15, 0.2) is 0 Å². The first-order chi connectivity index (χ1) is 9.33. The molecular weight excluding hydrogens is 232 g/mol. The van der Waals surface area contributed by atoms with Gasteiger partial charge in [-0.05, 0) is 17.5 Å². The van der Waals surface area contributed by atoms with Gasteiger partial charge in [-0.25, -0.2) is 0 Å². The minimum atomic E-state index is -0.321. The Morgan fingerprint density at radius 2 is 1.32 bits per heavy atom. The van der Waals surface area contributed by atoms with Crippen LogP contribution in [0.1, 0.15) is 37.3 Å². The fourth-order valence-corrected chi connectivity index (χ4v) is 2.63. The van der Waals surface area contributed by atoms with Crippen molar-refractivity contribution in [1.82, 2.24) is 0 Å². The summed E-state index contributed by atoms with van der Waals surface area (Å²) in [5.41, 5.74) is 2.15. The molecule has 0 radical (unpaired) electrons. The van der Waals surface area contributed by atoms with Crippen molar-refractivity contribution in [3.63, 3.8) is 0 Å². The molecule has 2 aromatic carbocycles. The van der Waals surface area contributed by atoms with Gasteiger partial charge in [0.05, 0.1) is 0 Å². The van der Waals surface area contributed by atoms with Gasteiger partial charge in [0.25, 0.3) is 0 Å². The maximum absolute atomic E-state index is 6.01. The summed E-state index contributed by atoms with van der Waals surface area (Å²) in [6.07, 6.45) is 3.33. The zero-order valence-electron chi connectivity index (χ0n) is 11.8. The largest absolute Gasteiger partial charge is 0.369 e. The van der Waals surface area contributed by atoms with Crippen molar-refractivity contribution in [2.24, 2.45) is 0 Å². The van der Waals surface area contributed by atoms with Crippen molar-refractivity contribution in [3.8, 4) is 0 Å². The number of hydrogen-bond acceptors (Lipinski definition) is 1. The Labute approximate surface area is 116 Å². The van der Waals surface area contributed by atoms with Crippen LogP contribution in [0.5, 0.6) is 0 Å². The van der Waals surface area contributed by atoms with Gasteiger partial charge in [0.1, 0.15) is 5.60 Å². The SMILES string of the molecule is CCCCC(OC)(c1ccccc1)c1ccccc1. The van der Waals surface area contributed by atoms with E-state index >= 15 is 0 Å². The van der Waals surface area contributed by atoms with Gasteiger partial charge >= 0.3 is 0 Å². The number of rotatable bonds is 6. The zero-order chi connectivity index (χ0) is 13.6. The number of unbranched alkanes of at least 4 members (excludes halogenated alkanes) is 1. The van der Waals surface area contributed by atoms with Crippen molar-refractivity contribution < 1.29 is 4.74 Å². The van der Waals surface area contributed by atoms with Crippen molar-refractivity contribution in [2.75, 3.05) is 7.11 Å². The average Bonchev–Trinajstić information content (AvgIpc) is 2.51. The lowest BCUT2D eigenvalue weighted by molar-refractivity contribution is 0.0126. The molecule has 0 saturated heterocycles. The molecule has 0 unspecified atom stereocenters. The first-order valence-corrected chi connectivity index (χ1v) is 6.99. The molecule has 2 rings (SSSR count). The summed E-state index contributed by atoms with van der Waals surface area (Å²) in [4.78, 5) is 0. The second-order valence-corrected chi connectivity index (χ2v) is 4.87. The van der Waals surface area contributed by atoms with Crippen LogP contribution in [0.4, 0.5) is 0 Å². The molecule has 19 heavy (non-hydrogen) atoms. The molecule has 1 nitrogen and oxygen atoms in total. The molecule has 0 fully saturated rings. The van der Waals surface area contributed by atoms with Crippen LogP contribution in [0.25, 0.3) is 0 Å². The van der Waals surface area contributed by atoms with E-state index in [1.165, 1.54) is 17.5 Å². The summed E-state index contributed by atoms with van der Waals surface area (Å²) in [7, 11) is 1.82. The van der Waals surface area contributed by atoms with E-state index in [0.29, 0.717) is 0 Å². The normalized spacial score (nSPS) is 11.5. The molecule has 0 aliphatic rings. The van der Waals surface area contributed by atoms with Crippen molar-refractivity contribution in [2.45, 2.75) is 31.8 Å². The van der Waals surface area contributed by atoms with Crippen LogP contribution in [-0.2, 0) is 10.3 Å². The van der Waals surface area contributed by atoms with Crippen LogP contribution in [0.2, 0.25) is 0 Å². The van der Waals surface area contributed by atoms with E-state index in [1.807, 2.05) is 7.11 Å². The van der Waals surface area contributed by atoms with Crippen molar-refractivity contribution >= 4 is 0 Å². The minimum Gasteiger partial charge on any atom is -0.369 e. The Hall–Kier alpha value is -1.60.